The number of nitrogens with one attached hydrogen (secondary N) is 1. The maximum absolute atomic E-state index is 6.03. The van der Waals surface area contributed by atoms with Crippen molar-refractivity contribution >= 4 is 0 Å². The van der Waals surface area contributed by atoms with Gasteiger partial charge in [0.15, 0.2) is 0 Å². The zero-order valence-corrected chi connectivity index (χ0v) is 14.6. The Morgan fingerprint density at radius 2 is 2.08 bits per heavy atom. The Labute approximate surface area is 143 Å². The third kappa shape index (κ3) is 3.00. The highest BCUT2D eigenvalue weighted by molar-refractivity contribution is 5.06. The highest BCUT2D eigenvalue weighted by atomic mass is 16.5. The second-order valence-electron chi connectivity index (χ2n) is 7.03. The number of rotatable bonds is 7. The molecule has 0 spiro atoms. The van der Waals surface area contributed by atoms with Gasteiger partial charge in [0.25, 0.3) is 0 Å². The number of hydrogen-bond donors (Lipinski definition) is 1. The van der Waals surface area contributed by atoms with Crippen LogP contribution in [0.1, 0.15) is 50.0 Å². The number of nitrogens with zero attached hydrogens (tertiary/aromatic N) is 4. The van der Waals surface area contributed by atoms with Crippen LogP contribution in [0.3, 0.4) is 0 Å². The molecule has 3 atom stereocenters. The van der Waals surface area contributed by atoms with Gasteiger partial charge < -0.3 is 19.2 Å². The molecule has 0 aromatic carbocycles. The van der Waals surface area contributed by atoms with Crippen LogP contribution in [0, 0.1) is 11.8 Å². The molecule has 1 saturated carbocycles. The molecular formula is C18H27N5O. The molecule has 0 radical (unpaired) electrons. The highest BCUT2D eigenvalue weighted by Gasteiger charge is 2.37. The molecule has 1 aliphatic heterocycles. The van der Waals surface area contributed by atoms with Crippen LogP contribution < -0.4 is 5.32 Å². The molecule has 1 aliphatic carbocycles. The van der Waals surface area contributed by atoms with Crippen molar-refractivity contribution in [2.24, 2.45) is 18.9 Å². The monoisotopic (exact) mass is 329 g/mol. The predicted octanol–water partition coefficient (Wildman–Crippen LogP) is 2.46. The summed E-state index contributed by atoms with van der Waals surface area (Å²) in [6, 6.07) is 0.358. The van der Waals surface area contributed by atoms with Crippen LogP contribution in [0.25, 0.3) is 0 Å². The second kappa shape index (κ2) is 6.69. The number of imidazole rings is 2. The standard InChI is InChI=1S/C18H27N5O/c1-3-23-10-8-20-18(23)16-14(6-11-24-16)12-21-15(13-4-5-13)17-19-7-9-22(17)2/h7-10,13-16,21H,3-6,11-12H2,1-2H3/t14-,15?,16+/m0/s1. The Bertz CT molecular complexity index is 675. The van der Waals surface area contributed by atoms with E-state index in [1.807, 2.05) is 24.8 Å². The maximum atomic E-state index is 6.03. The molecule has 2 fully saturated rings. The molecule has 6 heteroatoms. The third-order valence-corrected chi connectivity index (χ3v) is 5.39. The summed E-state index contributed by atoms with van der Waals surface area (Å²) in [6.45, 7) is 4.87. The van der Waals surface area contributed by atoms with Crippen molar-refractivity contribution in [2.45, 2.75) is 44.9 Å². The van der Waals surface area contributed by atoms with Gasteiger partial charge in [0.1, 0.15) is 17.8 Å². The van der Waals surface area contributed by atoms with Gasteiger partial charge in [0, 0.05) is 57.4 Å². The summed E-state index contributed by atoms with van der Waals surface area (Å²) in [6.07, 6.45) is 11.6. The molecule has 6 nitrogen and oxygen atoms in total. The zero-order valence-electron chi connectivity index (χ0n) is 14.6. The van der Waals surface area contributed by atoms with Crippen LogP contribution in [-0.2, 0) is 18.3 Å². The molecule has 130 valence electrons. The molecule has 1 N–H and O–H groups in total. The Kier molecular flexibility index (Phi) is 4.41. The SMILES string of the molecule is CCn1ccnc1[C@@H]1OCC[C@H]1CNC(c1nccn1C)C1CC1. The fourth-order valence-electron chi connectivity index (χ4n) is 3.83. The summed E-state index contributed by atoms with van der Waals surface area (Å²) in [7, 11) is 2.08. The average molecular weight is 329 g/mol. The first-order chi connectivity index (χ1) is 11.8. The van der Waals surface area contributed by atoms with E-state index in [2.05, 4.69) is 38.4 Å². The molecular weight excluding hydrogens is 302 g/mol. The lowest BCUT2D eigenvalue weighted by atomic mass is 9.99. The Morgan fingerprint density at radius 1 is 1.25 bits per heavy atom. The minimum absolute atomic E-state index is 0.105. The van der Waals surface area contributed by atoms with Gasteiger partial charge in [-0.05, 0) is 32.1 Å². The lowest BCUT2D eigenvalue weighted by molar-refractivity contribution is 0.0794. The van der Waals surface area contributed by atoms with Crippen molar-refractivity contribution in [1.82, 2.24) is 24.4 Å². The molecule has 0 bridgehead atoms. The largest absolute Gasteiger partial charge is 0.370 e. The summed E-state index contributed by atoms with van der Waals surface area (Å²) in [5.74, 6) is 3.42. The molecule has 1 unspecified atom stereocenters. The van der Waals surface area contributed by atoms with E-state index < -0.39 is 0 Å². The topological polar surface area (TPSA) is 56.9 Å². The van der Waals surface area contributed by atoms with Crippen LogP contribution in [0.15, 0.2) is 24.8 Å². The third-order valence-electron chi connectivity index (χ3n) is 5.39. The van der Waals surface area contributed by atoms with Crippen molar-refractivity contribution in [1.29, 1.82) is 0 Å². The van der Waals surface area contributed by atoms with Crippen LogP contribution in [-0.4, -0.2) is 32.3 Å². The van der Waals surface area contributed by atoms with Gasteiger partial charge in [-0.25, -0.2) is 9.97 Å². The van der Waals surface area contributed by atoms with Gasteiger partial charge in [0.05, 0.1) is 6.04 Å². The van der Waals surface area contributed by atoms with Gasteiger partial charge in [-0.1, -0.05) is 0 Å². The summed E-state index contributed by atoms with van der Waals surface area (Å²) in [4.78, 5) is 9.12. The Morgan fingerprint density at radius 3 is 2.79 bits per heavy atom. The average Bonchev–Trinajstić information content (AvgIpc) is 2.99. The smallest absolute Gasteiger partial charge is 0.138 e. The fraction of sp³-hybridized carbons (Fsp3) is 0.667. The number of hydrogen-bond acceptors (Lipinski definition) is 4. The van der Waals surface area contributed by atoms with E-state index in [0.717, 1.165) is 43.7 Å². The first-order valence-electron chi connectivity index (χ1n) is 9.11. The van der Waals surface area contributed by atoms with Gasteiger partial charge in [0.2, 0.25) is 0 Å². The van der Waals surface area contributed by atoms with E-state index in [1.54, 1.807) is 0 Å². The molecule has 2 aliphatic rings. The van der Waals surface area contributed by atoms with Crippen molar-refractivity contribution in [2.75, 3.05) is 13.2 Å². The minimum atomic E-state index is 0.105. The Hall–Kier alpha value is -1.66. The van der Waals surface area contributed by atoms with Crippen molar-refractivity contribution in [3.05, 3.63) is 36.4 Å². The van der Waals surface area contributed by atoms with Crippen LogP contribution in [0.4, 0.5) is 0 Å². The minimum Gasteiger partial charge on any atom is -0.370 e. The number of aromatic nitrogens is 4. The van der Waals surface area contributed by atoms with E-state index in [0.29, 0.717) is 12.0 Å². The predicted molar refractivity (Wildman–Crippen MR) is 91.4 cm³/mol. The van der Waals surface area contributed by atoms with E-state index in [4.69, 9.17) is 4.74 Å². The summed E-state index contributed by atoms with van der Waals surface area (Å²) in [5.41, 5.74) is 0. The lowest BCUT2D eigenvalue weighted by Crippen LogP contribution is -2.32. The van der Waals surface area contributed by atoms with E-state index in [1.165, 1.54) is 12.8 Å². The van der Waals surface area contributed by atoms with Gasteiger partial charge in [-0.2, -0.15) is 0 Å². The molecule has 3 heterocycles. The van der Waals surface area contributed by atoms with Crippen molar-refractivity contribution in [3.8, 4) is 0 Å². The highest BCUT2D eigenvalue weighted by Crippen LogP contribution is 2.41. The lowest BCUT2D eigenvalue weighted by Gasteiger charge is -2.23. The van der Waals surface area contributed by atoms with E-state index in [9.17, 15) is 0 Å². The van der Waals surface area contributed by atoms with Crippen molar-refractivity contribution < 1.29 is 4.74 Å². The van der Waals surface area contributed by atoms with Gasteiger partial charge in [-0.15, -0.1) is 0 Å². The van der Waals surface area contributed by atoms with Crippen molar-refractivity contribution in [3.63, 3.8) is 0 Å². The van der Waals surface area contributed by atoms with Gasteiger partial charge in [-0.3, -0.25) is 0 Å². The fourth-order valence-corrected chi connectivity index (χ4v) is 3.83. The number of aryl methyl sites for hydroxylation is 2. The summed E-state index contributed by atoms with van der Waals surface area (Å²) >= 11 is 0. The summed E-state index contributed by atoms with van der Waals surface area (Å²) in [5, 5.41) is 3.80. The molecule has 2 aromatic rings. The second-order valence-corrected chi connectivity index (χ2v) is 7.03. The zero-order chi connectivity index (χ0) is 16.5. The van der Waals surface area contributed by atoms with E-state index >= 15 is 0 Å². The first-order valence-corrected chi connectivity index (χ1v) is 9.11. The van der Waals surface area contributed by atoms with E-state index in [-0.39, 0.29) is 6.10 Å². The molecule has 0 amide bonds. The molecule has 1 saturated heterocycles. The number of ether oxygens (including phenoxy) is 1. The summed E-state index contributed by atoms with van der Waals surface area (Å²) < 4.78 is 10.4. The maximum Gasteiger partial charge on any atom is 0.138 e. The van der Waals surface area contributed by atoms with Gasteiger partial charge >= 0.3 is 0 Å². The molecule has 2 aromatic heterocycles. The normalized spacial score (nSPS) is 25.2. The molecule has 4 rings (SSSR count). The van der Waals surface area contributed by atoms with Crippen LogP contribution in [0.5, 0.6) is 0 Å². The van der Waals surface area contributed by atoms with Crippen LogP contribution in [0.2, 0.25) is 0 Å². The Balaban J connectivity index is 1.45. The van der Waals surface area contributed by atoms with Crippen LogP contribution >= 0.6 is 0 Å². The quantitative estimate of drug-likeness (QED) is 0.848. The molecule has 24 heavy (non-hydrogen) atoms. The first kappa shape index (κ1) is 15.8.